The van der Waals surface area contributed by atoms with Crippen LogP contribution in [0.5, 0.6) is 0 Å². The molecule has 1 unspecified atom stereocenters. The first-order valence-electron chi connectivity index (χ1n) is 7.01. The van der Waals surface area contributed by atoms with Gasteiger partial charge in [-0.3, -0.25) is 4.90 Å². The molecule has 7 heteroatoms. The number of morpholine rings is 1. The highest BCUT2D eigenvalue weighted by molar-refractivity contribution is 7.98. The second-order valence-corrected chi connectivity index (χ2v) is 5.95. The predicted octanol–water partition coefficient (Wildman–Crippen LogP) is 0.692. The largest absolute Gasteiger partial charge is 0.383 e. The fourth-order valence-electron chi connectivity index (χ4n) is 2.87. The van der Waals surface area contributed by atoms with Crippen molar-refractivity contribution >= 4 is 23.4 Å². The molecule has 0 aromatic carbocycles. The lowest BCUT2D eigenvalue weighted by molar-refractivity contribution is 0.0209. The van der Waals surface area contributed by atoms with Crippen molar-refractivity contribution in [2.75, 3.05) is 56.3 Å². The maximum absolute atomic E-state index is 5.86. The first-order chi connectivity index (χ1) is 9.76. The van der Waals surface area contributed by atoms with Crippen LogP contribution in [0.15, 0.2) is 11.2 Å². The Hall–Kier alpha value is -1.05. The molecule has 0 spiro atoms. The summed E-state index contributed by atoms with van der Waals surface area (Å²) in [6.45, 7) is 5.85. The Bertz CT molecular complexity index is 466. The summed E-state index contributed by atoms with van der Waals surface area (Å²) in [5.74, 6) is 1.51. The van der Waals surface area contributed by atoms with E-state index in [9.17, 15) is 0 Å². The number of nitrogen functional groups attached to an aromatic ring is 1. The minimum Gasteiger partial charge on any atom is -0.383 e. The van der Waals surface area contributed by atoms with Crippen molar-refractivity contribution < 1.29 is 4.74 Å². The first kappa shape index (κ1) is 13.9. The van der Waals surface area contributed by atoms with Gasteiger partial charge in [0.15, 0.2) is 5.16 Å². The van der Waals surface area contributed by atoms with Crippen molar-refractivity contribution in [1.82, 2.24) is 14.9 Å². The monoisotopic (exact) mass is 295 g/mol. The summed E-state index contributed by atoms with van der Waals surface area (Å²) in [5.41, 5.74) is 5.86. The van der Waals surface area contributed by atoms with E-state index in [1.807, 2.05) is 12.3 Å². The molecule has 20 heavy (non-hydrogen) atoms. The SMILES string of the molecule is CSc1nc(N)cc(N2CCC(N3CCOCC3)C2)n1. The molecule has 0 aliphatic carbocycles. The zero-order valence-corrected chi connectivity index (χ0v) is 12.6. The Morgan fingerprint density at radius 3 is 2.85 bits per heavy atom. The van der Waals surface area contributed by atoms with Crippen molar-refractivity contribution in [3.05, 3.63) is 6.07 Å². The summed E-state index contributed by atoms with van der Waals surface area (Å²) in [6, 6.07) is 2.48. The molecular formula is C13H21N5OS. The van der Waals surface area contributed by atoms with E-state index in [0.717, 1.165) is 50.4 Å². The van der Waals surface area contributed by atoms with E-state index in [1.165, 1.54) is 18.2 Å². The van der Waals surface area contributed by atoms with Gasteiger partial charge in [-0.15, -0.1) is 0 Å². The van der Waals surface area contributed by atoms with Crippen LogP contribution in [0.3, 0.4) is 0 Å². The summed E-state index contributed by atoms with van der Waals surface area (Å²) in [4.78, 5) is 13.6. The highest BCUT2D eigenvalue weighted by Gasteiger charge is 2.29. The molecule has 0 radical (unpaired) electrons. The minimum absolute atomic E-state index is 0.550. The summed E-state index contributed by atoms with van der Waals surface area (Å²) in [5, 5.41) is 0.745. The van der Waals surface area contributed by atoms with Crippen molar-refractivity contribution in [2.45, 2.75) is 17.6 Å². The maximum atomic E-state index is 5.86. The Labute approximate surface area is 123 Å². The number of thioether (sulfide) groups is 1. The highest BCUT2D eigenvalue weighted by Crippen LogP contribution is 2.24. The Kier molecular flexibility index (Phi) is 4.28. The minimum atomic E-state index is 0.550. The van der Waals surface area contributed by atoms with Crippen molar-refractivity contribution in [2.24, 2.45) is 0 Å². The number of anilines is 2. The number of nitrogens with zero attached hydrogens (tertiary/aromatic N) is 4. The van der Waals surface area contributed by atoms with Gasteiger partial charge in [0.25, 0.3) is 0 Å². The number of ether oxygens (including phenoxy) is 1. The molecule has 110 valence electrons. The normalized spacial score (nSPS) is 24.2. The fourth-order valence-corrected chi connectivity index (χ4v) is 3.26. The molecule has 2 aliphatic rings. The van der Waals surface area contributed by atoms with Crippen LogP contribution in [0, 0.1) is 0 Å². The van der Waals surface area contributed by atoms with Gasteiger partial charge < -0.3 is 15.4 Å². The van der Waals surface area contributed by atoms with Gasteiger partial charge in [-0.2, -0.15) is 0 Å². The topological polar surface area (TPSA) is 67.5 Å². The average molecular weight is 295 g/mol. The standard InChI is InChI=1S/C13H21N5OS/c1-20-13-15-11(14)8-12(16-13)18-3-2-10(9-18)17-4-6-19-7-5-17/h8,10H,2-7,9H2,1H3,(H2,14,15,16). The molecule has 0 amide bonds. The fraction of sp³-hybridized carbons (Fsp3) is 0.692. The van der Waals surface area contributed by atoms with Gasteiger partial charge in [0, 0.05) is 38.3 Å². The van der Waals surface area contributed by atoms with Crippen LogP contribution in [0.4, 0.5) is 11.6 Å². The average Bonchev–Trinajstić information content (AvgIpc) is 2.97. The third-order valence-corrected chi connectivity index (χ3v) is 4.49. The number of aromatic nitrogens is 2. The van der Waals surface area contributed by atoms with E-state index in [4.69, 9.17) is 10.5 Å². The third kappa shape index (κ3) is 2.99. The Morgan fingerprint density at radius 1 is 1.30 bits per heavy atom. The van der Waals surface area contributed by atoms with E-state index < -0.39 is 0 Å². The quantitative estimate of drug-likeness (QED) is 0.650. The third-order valence-electron chi connectivity index (χ3n) is 3.94. The first-order valence-corrected chi connectivity index (χ1v) is 8.24. The molecule has 2 fully saturated rings. The van der Waals surface area contributed by atoms with E-state index >= 15 is 0 Å². The lowest BCUT2D eigenvalue weighted by Gasteiger charge is -2.32. The molecule has 1 aromatic heterocycles. The number of rotatable bonds is 3. The molecule has 6 nitrogen and oxygen atoms in total. The summed E-state index contributed by atoms with van der Waals surface area (Å²) in [7, 11) is 0. The molecule has 3 heterocycles. The maximum Gasteiger partial charge on any atom is 0.191 e. The van der Waals surface area contributed by atoms with Crippen LogP contribution in [0.2, 0.25) is 0 Å². The lowest BCUT2D eigenvalue weighted by Crippen LogP contribution is -2.44. The zero-order chi connectivity index (χ0) is 13.9. The van der Waals surface area contributed by atoms with Gasteiger partial charge in [-0.25, -0.2) is 9.97 Å². The van der Waals surface area contributed by atoms with Crippen LogP contribution in [-0.2, 0) is 4.74 Å². The van der Waals surface area contributed by atoms with Crippen LogP contribution in [0.25, 0.3) is 0 Å². The zero-order valence-electron chi connectivity index (χ0n) is 11.8. The predicted molar refractivity (Wildman–Crippen MR) is 81.2 cm³/mol. The van der Waals surface area contributed by atoms with E-state index in [1.54, 1.807) is 0 Å². The number of nitrogens with two attached hydrogens (primary N) is 1. The molecular weight excluding hydrogens is 274 g/mol. The van der Waals surface area contributed by atoms with Gasteiger partial charge in [0.05, 0.1) is 13.2 Å². The van der Waals surface area contributed by atoms with Crippen molar-refractivity contribution in [3.63, 3.8) is 0 Å². The van der Waals surface area contributed by atoms with Gasteiger partial charge >= 0.3 is 0 Å². The summed E-state index contributed by atoms with van der Waals surface area (Å²) in [6.07, 6.45) is 3.15. The van der Waals surface area contributed by atoms with Crippen molar-refractivity contribution in [1.29, 1.82) is 0 Å². The molecule has 1 atom stereocenters. The molecule has 1 aromatic rings. The van der Waals surface area contributed by atoms with Gasteiger partial charge in [-0.05, 0) is 12.7 Å². The molecule has 0 bridgehead atoms. The van der Waals surface area contributed by atoms with Gasteiger partial charge in [-0.1, -0.05) is 11.8 Å². The van der Waals surface area contributed by atoms with Crippen molar-refractivity contribution in [3.8, 4) is 0 Å². The number of hydrogen-bond donors (Lipinski definition) is 1. The summed E-state index contributed by atoms with van der Waals surface area (Å²) >= 11 is 1.53. The molecule has 2 aliphatic heterocycles. The second kappa shape index (κ2) is 6.15. The highest BCUT2D eigenvalue weighted by atomic mass is 32.2. The number of hydrogen-bond acceptors (Lipinski definition) is 7. The Balaban J connectivity index is 1.68. The van der Waals surface area contributed by atoms with E-state index in [2.05, 4.69) is 19.8 Å². The van der Waals surface area contributed by atoms with Gasteiger partial charge in [0.1, 0.15) is 11.6 Å². The molecule has 2 N–H and O–H groups in total. The van der Waals surface area contributed by atoms with Crippen LogP contribution >= 0.6 is 11.8 Å². The molecule has 2 saturated heterocycles. The lowest BCUT2D eigenvalue weighted by atomic mass is 10.2. The van der Waals surface area contributed by atoms with Crippen LogP contribution in [0.1, 0.15) is 6.42 Å². The van der Waals surface area contributed by atoms with E-state index in [0.29, 0.717) is 11.9 Å². The van der Waals surface area contributed by atoms with Crippen LogP contribution < -0.4 is 10.6 Å². The smallest absolute Gasteiger partial charge is 0.191 e. The Morgan fingerprint density at radius 2 is 2.10 bits per heavy atom. The summed E-state index contributed by atoms with van der Waals surface area (Å²) < 4.78 is 5.42. The molecule has 3 rings (SSSR count). The van der Waals surface area contributed by atoms with Crippen LogP contribution in [-0.4, -0.2) is 66.6 Å². The molecule has 0 saturated carbocycles. The van der Waals surface area contributed by atoms with E-state index in [-0.39, 0.29) is 0 Å². The second-order valence-electron chi connectivity index (χ2n) is 5.17. The van der Waals surface area contributed by atoms with Gasteiger partial charge in [0.2, 0.25) is 0 Å².